The molecule has 0 rings (SSSR count). The van der Waals surface area contributed by atoms with E-state index in [0.29, 0.717) is 0 Å². The summed E-state index contributed by atoms with van der Waals surface area (Å²) in [4.78, 5) is 10.8. The van der Waals surface area contributed by atoms with E-state index in [9.17, 15) is 22.4 Å². The van der Waals surface area contributed by atoms with Crippen LogP contribution in [0.3, 0.4) is 0 Å². The molecular weight excluding hydrogens is 244 g/mol. The third-order valence-corrected chi connectivity index (χ3v) is 3.07. The van der Waals surface area contributed by atoms with E-state index < -0.39 is 31.1 Å². The number of hydrogen-bond donors (Lipinski definition) is 0. The molecule has 0 saturated heterocycles. The molecule has 0 aliphatic rings. The monoisotopic (exact) mass is 260 g/mol. The van der Waals surface area contributed by atoms with Gasteiger partial charge in [0.1, 0.15) is 0 Å². The summed E-state index contributed by atoms with van der Waals surface area (Å²) >= 11 is 0.773. The summed E-state index contributed by atoms with van der Waals surface area (Å²) in [7, 11) is 0. The molecule has 0 atom stereocenters. The lowest BCUT2D eigenvalue weighted by molar-refractivity contribution is -0.112. The molecule has 0 aliphatic carbocycles. The Morgan fingerprint density at radius 3 is 2.12 bits per heavy atom. The molecule has 0 unspecified atom stereocenters. The standard InChI is InChI=1S/C10H16F4OS/c1-3-8(15)16-6-5-10(13,14)7-9(11,12)4-2/h3-7H2,1-2H3. The Morgan fingerprint density at radius 1 is 1.12 bits per heavy atom. The van der Waals surface area contributed by atoms with Crippen molar-refractivity contribution in [2.75, 3.05) is 5.75 Å². The lowest BCUT2D eigenvalue weighted by Gasteiger charge is -2.21. The van der Waals surface area contributed by atoms with Gasteiger partial charge in [0.2, 0.25) is 0 Å². The van der Waals surface area contributed by atoms with Gasteiger partial charge in [-0.3, -0.25) is 4.79 Å². The van der Waals surface area contributed by atoms with Crippen LogP contribution in [0.2, 0.25) is 0 Å². The highest BCUT2D eigenvalue weighted by Gasteiger charge is 2.41. The van der Waals surface area contributed by atoms with Crippen molar-refractivity contribution >= 4 is 16.9 Å². The molecule has 96 valence electrons. The van der Waals surface area contributed by atoms with E-state index >= 15 is 0 Å². The molecule has 0 aromatic rings. The Balaban J connectivity index is 4.00. The smallest absolute Gasteiger partial charge is 0.254 e. The minimum Gasteiger partial charge on any atom is -0.287 e. The highest BCUT2D eigenvalue weighted by Crippen LogP contribution is 2.35. The third kappa shape index (κ3) is 7.09. The van der Waals surface area contributed by atoms with Gasteiger partial charge < -0.3 is 0 Å². The third-order valence-electron chi connectivity index (χ3n) is 2.05. The van der Waals surface area contributed by atoms with Crippen LogP contribution in [0.25, 0.3) is 0 Å². The largest absolute Gasteiger partial charge is 0.287 e. The Kier molecular flexibility index (Phi) is 6.36. The van der Waals surface area contributed by atoms with E-state index in [1.807, 2.05) is 0 Å². The van der Waals surface area contributed by atoms with Crippen molar-refractivity contribution in [3.63, 3.8) is 0 Å². The van der Waals surface area contributed by atoms with Crippen LogP contribution >= 0.6 is 11.8 Å². The Labute approximate surface area is 97.0 Å². The molecule has 16 heavy (non-hydrogen) atoms. The van der Waals surface area contributed by atoms with Crippen molar-refractivity contribution in [1.29, 1.82) is 0 Å². The van der Waals surface area contributed by atoms with Gasteiger partial charge in [-0.2, -0.15) is 0 Å². The van der Waals surface area contributed by atoms with Crippen LogP contribution < -0.4 is 0 Å². The van der Waals surface area contributed by atoms with E-state index in [1.54, 1.807) is 6.92 Å². The maximum atomic E-state index is 13.1. The van der Waals surface area contributed by atoms with E-state index in [2.05, 4.69) is 0 Å². The molecule has 0 radical (unpaired) electrons. The van der Waals surface area contributed by atoms with Crippen LogP contribution in [0.5, 0.6) is 0 Å². The zero-order chi connectivity index (χ0) is 12.8. The van der Waals surface area contributed by atoms with Crippen molar-refractivity contribution in [2.45, 2.75) is 51.4 Å². The Hall–Kier alpha value is -0.260. The summed E-state index contributed by atoms with van der Waals surface area (Å²) in [5, 5.41) is -0.196. The first-order chi connectivity index (χ1) is 7.22. The molecule has 0 heterocycles. The second-order valence-electron chi connectivity index (χ2n) is 3.57. The number of alkyl halides is 4. The maximum absolute atomic E-state index is 13.1. The van der Waals surface area contributed by atoms with Crippen LogP contribution in [-0.4, -0.2) is 22.7 Å². The molecule has 0 amide bonds. The molecule has 0 aromatic carbocycles. The first-order valence-corrected chi connectivity index (χ1v) is 6.12. The molecule has 0 bridgehead atoms. The van der Waals surface area contributed by atoms with E-state index in [1.165, 1.54) is 6.92 Å². The number of carbonyl (C=O) groups excluding carboxylic acids is 1. The van der Waals surface area contributed by atoms with Gasteiger partial charge in [-0.15, -0.1) is 0 Å². The van der Waals surface area contributed by atoms with Crippen LogP contribution in [0.4, 0.5) is 17.6 Å². The summed E-state index contributed by atoms with van der Waals surface area (Å²) in [6.45, 7) is 2.80. The van der Waals surface area contributed by atoms with Crippen molar-refractivity contribution < 1.29 is 22.4 Å². The van der Waals surface area contributed by atoms with Gasteiger partial charge >= 0.3 is 0 Å². The number of hydrogen-bond acceptors (Lipinski definition) is 2. The molecule has 6 heteroatoms. The van der Waals surface area contributed by atoms with Crippen LogP contribution in [-0.2, 0) is 4.79 Å². The van der Waals surface area contributed by atoms with Crippen LogP contribution in [0.1, 0.15) is 39.5 Å². The highest BCUT2D eigenvalue weighted by molar-refractivity contribution is 8.13. The first kappa shape index (κ1) is 15.7. The van der Waals surface area contributed by atoms with Gasteiger partial charge in [0.25, 0.3) is 11.8 Å². The van der Waals surface area contributed by atoms with Crippen molar-refractivity contribution in [3.05, 3.63) is 0 Å². The SMILES string of the molecule is CCC(=O)SCCC(F)(F)CC(F)(F)CC. The summed E-state index contributed by atoms with van der Waals surface area (Å²) in [5.41, 5.74) is 0. The van der Waals surface area contributed by atoms with Crippen LogP contribution in [0, 0.1) is 0 Å². The highest BCUT2D eigenvalue weighted by atomic mass is 32.2. The quantitative estimate of drug-likeness (QED) is 0.640. The van der Waals surface area contributed by atoms with Gasteiger partial charge in [0.05, 0.1) is 6.42 Å². The summed E-state index contributed by atoms with van der Waals surface area (Å²) in [5.74, 6) is -6.84. The average Bonchev–Trinajstić information content (AvgIpc) is 2.15. The van der Waals surface area contributed by atoms with E-state index in [-0.39, 0.29) is 17.3 Å². The summed E-state index contributed by atoms with van der Waals surface area (Å²) < 4.78 is 51.6. The van der Waals surface area contributed by atoms with Crippen molar-refractivity contribution in [2.24, 2.45) is 0 Å². The second kappa shape index (κ2) is 6.47. The van der Waals surface area contributed by atoms with Gasteiger partial charge in [-0.1, -0.05) is 25.6 Å². The molecule has 0 N–H and O–H groups in total. The summed E-state index contributed by atoms with van der Waals surface area (Å²) in [6, 6.07) is 0. The van der Waals surface area contributed by atoms with Crippen LogP contribution in [0.15, 0.2) is 0 Å². The van der Waals surface area contributed by atoms with Crippen molar-refractivity contribution in [1.82, 2.24) is 0 Å². The second-order valence-corrected chi connectivity index (χ2v) is 4.72. The van der Waals surface area contributed by atoms with Gasteiger partial charge in [-0.05, 0) is 0 Å². The van der Waals surface area contributed by atoms with E-state index in [4.69, 9.17) is 0 Å². The Bertz CT molecular complexity index is 231. The number of thioether (sulfide) groups is 1. The topological polar surface area (TPSA) is 17.1 Å². The zero-order valence-corrected chi connectivity index (χ0v) is 10.2. The normalized spacial score (nSPS) is 12.9. The maximum Gasteiger partial charge on any atom is 0.254 e. The minimum atomic E-state index is -3.40. The molecule has 0 fully saturated rings. The zero-order valence-electron chi connectivity index (χ0n) is 9.36. The van der Waals surface area contributed by atoms with Gasteiger partial charge in [0.15, 0.2) is 5.12 Å². The fourth-order valence-corrected chi connectivity index (χ4v) is 1.84. The fraction of sp³-hybridized carbons (Fsp3) is 0.900. The molecule has 0 aliphatic heterocycles. The van der Waals surface area contributed by atoms with Gasteiger partial charge in [0, 0.05) is 25.0 Å². The lowest BCUT2D eigenvalue weighted by Crippen LogP contribution is -2.29. The lowest BCUT2D eigenvalue weighted by atomic mass is 10.1. The summed E-state index contributed by atoms with van der Waals surface area (Å²) in [6.07, 6.45) is -2.44. The average molecular weight is 260 g/mol. The fourth-order valence-electron chi connectivity index (χ4n) is 1.01. The number of carbonyl (C=O) groups is 1. The molecular formula is C10H16F4OS. The predicted molar refractivity (Wildman–Crippen MR) is 57.2 cm³/mol. The molecule has 0 aromatic heterocycles. The first-order valence-electron chi connectivity index (χ1n) is 5.13. The Morgan fingerprint density at radius 2 is 1.69 bits per heavy atom. The number of halogens is 4. The van der Waals surface area contributed by atoms with Gasteiger partial charge in [-0.25, -0.2) is 17.6 Å². The molecule has 0 saturated carbocycles. The predicted octanol–water partition coefficient (Wildman–Crippen LogP) is 4.12. The molecule has 0 spiro atoms. The number of rotatable bonds is 7. The van der Waals surface area contributed by atoms with Crippen molar-refractivity contribution in [3.8, 4) is 0 Å². The van der Waals surface area contributed by atoms with E-state index in [0.717, 1.165) is 11.8 Å². The molecule has 1 nitrogen and oxygen atoms in total. The minimum absolute atomic E-state index is 0.112.